The van der Waals surface area contributed by atoms with Crippen LogP contribution in [-0.4, -0.2) is 40.5 Å². The second-order valence-corrected chi connectivity index (χ2v) is 4.28. The molecule has 0 saturated carbocycles. The second-order valence-electron chi connectivity index (χ2n) is 3.94. The Labute approximate surface area is 99.8 Å². The summed E-state index contributed by atoms with van der Waals surface area (Å²) in [6.45, 7) is 5.72. The lowest BCUT2D eigenvalue weighted by Gasteiger charge is -2.38. The van der Waals surface area contributed by atoms with E-state index in [4.69, 9.17) is 16.3 Å². The summed E-state index contributed by atoms with van der Waals surface area (Å²) in [4.78, 5) is 6.38. The molecule has 1 aromatic heterocycles. The molecule has 0 aromatic carbocycles. The third-order valence-electron chi connectivity index (χ3n) is 2.75. The zero-order chi connectivity index (χ0) is 11.5. The number of hydrogen-bond acceptors (Lipinski definition) is 5. The van der Waals surface area contributed by atoms with Gasteiger partial charge in [-0.05, 0) is 24.9 Å². The van der Waals surface area contributed by atoms with E-state index in [9.17, 15) is 0 Å². The van der Waals surface area contributed by atoms with Crippen molar-refractivity contribution in [2.45, 2.75) is 32.4 Å². The van der Waals surface area contributed by atoms with Crippen molar-refractivity contribution in [1.29, 1.82) is 0 Å². The lowest BCUT2D eigenvalue weighted by Crippen LogP contribution is -2.49. The van der Waals surface area contributed by atoms with Crippen LogP contribution in [0, 0.1) is 0 Å². The van der Waals surface area contributed by atoms with Gasteiger partial charge in [0.15, 0.2) is 5.82 Å². The van der Waals surface area contributed by atoms with E-state index in [-0.39, 0.29) is 11.4 Å². The number of rotatable bonds is 2. The van der Waals surface area contributed by atoms with Crippen molar-refractivity contribution in [3.05, 3.63) is 11.5 Å². The van der Waals surface area contributed by atoms with Gasteiger partial charge in [-0.25, -0.2) is 0 Å². The van der Waals surface area contributed by atoms with E-state index in [1.807, 2.05) is 0 Å². The topological polar surface area (TPSA) is 51.1 Å². The van der Waals surface area contributed by atoms with Crippen LogP contribution >= 0.6 is 11.6 Å². The largest absolute Gasteiger partial charge is 0.375 e. The van der Waals surface area contributed by atoms with Gasteiger partial charge >= 0.3 is 0 Å². The Hall–Kier alpha value is -0.940. The highest BCUT2D eigenvalue weighted by molar-refractivity contribution is 6.28. The Kier molecular flexibility index (Phi) is 3.56. The van der Waals surface area contributed by atoms with Gasteiger partial charge in [-0.15, -0.1) is 5.10 Å². The summed E-state index contributed by atoms with van der Waals surface area (Å²) in [5, 5.41) is 7.66. The monoisotopic (exact) mass is 242 g/mol. The highest BCUT2D eigenvalue weighted by atomic mass is 35.5. The summed E-state index contributed by atoms with van der Waals surface area (Å²) in [5.41, 5.74) is 0. The molecule has 2 heterocycles. The normalized spacial score (nSPS) is 25.8. The zero-order valence-electron chi connectivity index (χ0n) is 9.43. The van der Waals surface area contributed by atoms with E-state index >= 15 is 0 Å². The first-order valence-corrected chi connectivity index (χ1v) is 5.82. The van der Waals surface area contributed by atoms with Crippen LogP contribution in [-0.2, 0) is 4.74 Å². The summed E-state index contributed by atoms with van der Waals surface area (Å²) >= 11 is 5.75. The van der Waals surface area contributed by atoms with Gasteiger partial charge in [0, 0.05) is 6.54 Å². The second kappa shape index (κ2) is 4.93. The molecule has 1 aliphatic heterocycles. The minimum Gasteiger partial charge on any atom is -0.375 e. The molecule has 0 radical (unpaired) electrons. The molecule has 1 fully saturated rings. The molecule has 1 saturated heterocycles. The quantitative estimate of drug-likeness (QED) is 0.787. The van der Waals surface area contributed by atoms with Crippen LogP contribution in [0.4, 0.5) is 5.82 Å². The molecule has 0 amide bonds. The number of nitrogens with zero attached hydrogens (tertiary/aromatic N) is 4. The van der Waals surface area contributed by atoms with E-state index in [2.05, 4.69) is 33.9 Å². The Morgan fingerprint density at radius 3 is 3.12 bits per heavy atom. The standard InChI is InChI=1S/C10H15ClN4O/c1-3-8-6-16-7(2)5-15(8)9-4-12-14-10(11)13-9/h4,7-8H,3,5-6H2,1-2H3. The molecule has 0 aliphatic carbocycles. The van der Waals surface area contributed by atoms with Gasteiger partial charge in [0.2, 0.25) is 5.28 Å². The van der Waals surface area contributed by atoms with Gasteiger partial charge in [0.1, 0.15) is 0 Å². The van der Waals surface area contributed by atoms with E-state index in [0.717, 1.165) is 25.4 Å². The molecular formula is C10H15ClN4O. The molecule has 2 rings (SSSR count). The minimum atomic E-state index is 0.187. The SMILES string of the molecule is CCC1COC(C)CN1c1cnnc(Cl)n1. The smallest absolute Gasteiger partial charge is 0.244 e. The zero-order valence-corrected chi connectivity index (χ0v) is 10.2. The van der Waals surface area contributed by atoms with Crippen LogP contribution in [0.2, 0.25) is 5.28 Å². The Morgan fingerprint density at radius 2 is 2.44 bits per heavy atom. The number of aromatic nitrogens is 3. The van der Waals surface area contributed by atoms with Gasteiger partial charge in [-0.3, -0.25) is 0 Å². The molecule has 6 heteroatoms. The van der Waals surface area contributed by atoms with Gasteiger partial charge in [0.05, 0.1) is 24.9 Å². The maximum Gasteiger partial charge on any atom is 0.244 e. The fourth-order valence-electron chi connectivity index (χ4n) is 1.88. The van der Waals surface area contributed by atoms with Crippen molar-refractivity contribution in [3.8, 4) is 0 Å². The van der Waals surface area contributed by atoms with Crippen molar-refractivity contribution in [3.63, 3.8) is 0 Å². The maximum atomic E-state index is 5.75. The molecule has 0 bridgehead atoms. The first-order chi connectivity index (χ1) is 7.70. The number of halogens is 1. The number of hydrogen-bond donors (Lipinski definition) is 0. The highest BCUT2D eigenvalue weighted by Crippen LogP contribution is 2.21. The molecule has 0 N–H and O–H groups in total. The summed E-state index contributed by atoms with van der Waals surface area (Å²) in [5.74, 6) is 0.780. The number of ether oxygens (including phenoxy) is 1. The molecule has 1 aliphatic rings. The van der Waals surface area contributed by atoms with Crippen LogP contribution in [0.5, 0.6) is 0 Å². The Balaban J connectivity index is 2.22. The van der Waals surface area contributed by atoms with Crippen LogP contribution < -0.4 is 4.90 Å². The van der Waals surface area contributed by atoms with Crippen molar-refractivity contribution >= 4 is 17.4 Å². The summed E-state index contributed by atoms with van der Waals surface area (Å²) < 4.78 is 5.62. The molecule has 88 valence electrons. The molecule has 1 aromatic rings. The van der Waals surface area contributed by atoms with Crippen LogP contribution in [0.1, 0.15) is 20.3 Å². The molecule has 16 heavy (non-hydrogen) atoms. The van der Waals surface area contributed by atoms with E-state index in [1.54, 1.807) is 6.20 Å². The van der Waals surface area contributed by atoms with Gasteiger partial charge < -0.3 is 9.64 Å². The van der Waals surface area contributed by atoms with Gasteiger partial charge in [0.25, 0.3) is 0 Å². The van der Waals surface area contributed by atoms with Crippen LogP contribution in [0.15, 0.2) is 6.20 Å². The van der Waals surface area contributed by atoms with Crippen molar-refractivity contribution in [2.24, 2.45) is 0 Å². The Bertz CT molecular complexity index is 362. The predicted octanol–water partition coefficient (Wildman–Crippen LogP) is 1.53. The number of morpholine rings is 1. The fraction of sp³-hybridized carbons (Fsp3) is 0.700. The predicted molar refractivity (Wildman–Crippen MR) is 61.7 cm³/mol. The first kappa shape index (κ1) is 11.5. The van der Waals surface area contributed by atoms with Crippen molar-refractivity contribution in [2.75, 3.05) is 18.1 Å². The van der Waals surface area contributed by atoms with Gasteiger partial charge in [-0.2, -0.15) is 10.1 Å². The van der Waals surface area contributed by atoms with Crippen LogP contribution in [0.3, 0.4) is 0 Å². The minimum absolute atomic E-state index is 0.187. The summed E-state index contributed by atoms with van der Waals surface area (Å²) in [6, 6.07) is 0.337. The van der Waals surface area contributed by atoms with Crippen molar-refractivity contribution in [1.82, 2.24) is 15.2 Å². The lowest BCUT2D eigenvalue weighted by atomic mass is 10.1. The average Bonchev–Trinajstić information content (AvgIpc) is 2.29. The molecule has 5 nitrogen and oxygen atoms in total. The third-order valence-corrected chi connectivity index (χ3v) is 2.91. The Morgan fingerprint density at radius 1 is 1.62 bits per heavy atom. The van der Waals surface area contributed by atoms with Crippen LogP contribution in [0.25, 0.3) is 0 Å². The highest BCUT2D eigenvalue weighted by Gasteiger charge is 2.26. The average molecular weight is 243 g/mol. The molecule has 2 atom stereocenters. The third kappa shape index (κ3) is 2.41. The maximum absolute atomic E-state index is 5.75. The molecular weight excluding hydrogens is 228 g/mol. The fourth-order valence-corrected chi connectivity index (χ4v) is 2.01. The summed E-state index contributed by atoms with van der Waals surface area (Å²) in [6.07, 6.45) is 2.86. The van der Waals surface area contributed by atoms with Crippen molar-refractivity contribution < 1.29 is 4.74 Å². The van der Waals surface area contributed by atoms with Gasteiger partial charge in [-0.1, -0.05) is 6.92 Å². The summed E-state index contributed by atoms with van der Waals surface area (Å²) in [7, 11) is 0. The van der Waals surface area contributed by atoms with E-state index < -0.39 is 0 Å². The van der Waals surface area contributed by atoms with E-state index in [0.29, 0.717) is 6.04 Å². The van der Waals surface area contributed by atoms with E-state index in [1.165, 1.54) is 0 Å². The first-order valence-electron chi connectivity index (χ1n) is 5.44. The molecule has 0 spiro atoms. The molecule has 2 unspecified atom stereocenters. The lowest BCUT2D eigenvalue weighted by molar-refractivity contribution is 0.0296. The number of anilines is 1.